The minimum Gasteiger partial charge on any atom is -0.324 e. The second-order valence-electron chi connectivity index (χ2n) is 5.42. The number of likely N-dealkylation sites (tertiary alicyclic amines) is 1. The van der Waals surface area contributed by atoms with Crippen LogP contribution in [0.4, 0.5) is 0 Å². The van der Waals surface area contributed by atoms with Crippen LogP contribution in [0.3, 0.4) is 0 Å². The van der Waals surface area contributed by atoms with Crippen molar-refractivity contribution in [3.63, 3.8) is 0 Å². The van der Waals surface area contributed by atoms with Crippen molar-refractivity contribution in [1.82, 2.24) is 4.90 Å². The first-order chi connectivity index (χ1) is 8.86. The van der Waals surface area contributed by atoms with Crippen LogP contribution in [0.1, 0.15) is 50.1 Å². The van der Waals surface area contributed by atoms with Crippen LogP contribution in [0, 0.1) is 0 Å². The highest BCUT2D eigenvalue weighted by atomic mass is 15.1. The molecule has 2 N–H and O–H groups in total. The number of benzene rings is 1. The topological polar surface area (TPSA) is 29.3 Å². The van der Waals surface area contributed by atoms with Gasteiger partial charge in [-0.2, -0.15) is 0 Å². The van der Waals surface area contributed by atoms with E-state index in [4.69, 9.17) is 5.73 Å². The number of hydrogen-bond donors (Lipinski definition) is 1. The van der Waals surface area contributed by atoms with Gasteiger partial charge in [0.1, 0.15) is 0 Å². The molecule has 0 saturated carbocycles. The Morgan fingerprint density at radius 2 is 1.67 bits per heavy atom. The van der Waals surface area contributed by atoms with Gasteiger partial charge in [-0.1, -0.05) is 43.2 Å². The Morgan fingerprint density at radius 1 is 1.00 bits per heavy atom. The lowest BCUT2D eigenvalue weighted by Crippen LogP contribution is -2.26. The summed E-state index contributed by atoms with van der Waals surface area (Å²) < 4.78 is 0. The van der Waals surface area contributed by atoms with Crippen molar-refractivity contribution in [2.24, 2.45) is 5.73 Å². The standard InChI is InChI=1S/C16H26N2/c17-16(15-9-4-3-5-10-15)11-8-14-18-12-6-1-2-7-13-18/h3-5,9-10,16H,1-2,6-8,11-14,17H2. The smallest absolute Gasteiger partial charge is 0.0295 e. The van der Waals surface area contributed by atoms with E-state index in [-0.39, 0.29) is 6.04 Å². The van der Waals surface area contributed by atoms with E-state index in [0.717, 1.165) is 6.42 Å². The zero-order valence-corrected chi connectivity index (χ0v) is 11.4. The van der Waals surface area contributed by atoms with Crippen molar-refractivity contribution in [3.05, 3.63) is 35.9 Å². The van der Waals surface area contributed by atoms with Crippen LogP contribution in [0.25, 0.3) is 0 Å². The van der Waals surface area contributed by atoms with Crippen molar-refractivity contribution in [2.75, 3.05) is 19.6 Å². The van der Waals surface area contributed by atoms with Crippen molar-refractivity contribution in [2.45, 2.75) is 44.6 Å². The highest BCUT2D eigenvalue weighted by molar-refractivity contribution is 5.18. The molecule has 1 saturated heterocycles. The largest absolute Gasteiger partial charge is 0.324 e. The Balaban J connectivity index is 1.68. The molecule has 2 heteroatoms. The third-order valence-corrected chi connectivity index (χ3v) is 3.92. The molecule has 2 nitrogen and oxygen atoms in total. The summed E-state index contributed by atoms with van der Waals surface area (Å²) in [5.41, 5.74) is 7.49. The number of rotatable bonds is 5. The van der Waals surface area contributed by atoms with E-state index in [1.54, 1.807) is 0 Å². The lowest BCUT2D eigenvalue weighted by molar-refractivity contribution is 0.276. The molecule has 100 valence electrons. The summed E-state index contributed by atoms with van der Waals surface area (Å²) in [5.74, 6) is 0. The molecule has 0 aromatic heterocycles. The van der Waals surface area contributed by atoms with Gasteiger partial charge in [-0.05, 0) is 50.9 Å². The maximum Gasteiger partial charge on any atom is 0.0295 e. The highest BCUT2D eigenvalue weighted by Crippen LogP contribution is 2.16. The third-order valence-electron chi connectivity index (χ3n) is 3.92. The summed E-state index contributed by atoms with van der Waals surface area (Å²) in [7, 11) is 0. The van der Waals surface area contributed by atoms with Crippen molar-refractivity contribution < 1.29 is 0 Å². The molecule has 1 aliphatic rings. The molecule has 18 heavy (non-hydrogen) atoms. The molecule has 1 heterocycles. The molecule has 1 aliphatic heterocycles. The average Bonchev–Trinajstić information content (AvgIpc) is 2.68. The van der Waals surface area contributed by atoms with Crippen LogP contribution in [-0.4, -0.2) is 24.5 Å². The van der Waals surface area contributed by atoms with E-state index >= 15 is 0 Å². The first-order valence-electron chi connectivity index (χ1n) is 7.39. The van der Waals surface area contributed by atoms with Gasteiger partial charge in [-0.25, -0.2) is 0 Å². The lowest BCUT2D eigenvalue weighted by Gasteiger charge is -2.20. The van der Waals surface area contributed by atoms with E-state index in [1.807, 2.05) is 6.07 Å². The molecule has 0 amide bonds. The fourth-order valence-electron chi connectivity index (χ4n) is 2.76. The van der Waals surface area contributed by atoms with Gasteiger partial charge in [0.15, 0.2) is 0 Å². The summed E-state index contributed by atoms with van der Waals surface area (Å²) in [4.78, 5) is 2.62. The SMILES string of the molecule is NC(CCCN1CCCCCC1)c1ccccc1. The van der Waals surface area contributed by atoms with E-state index in [0.29, 0.717) is 0 Å². The van der Waals surface area contributed by atoms with Crippen LogP contribution in [0.15, 0.2) is 30.3 Å². The highest BCUT2D eigenvalue weighted by Gasteiger charge is 2.10. The molecule has 1 unspecified atom stereocenters. The fraction of sp³-hybridized carbons (Fsp3) is 0.625. The summed E-state index contributed by atoms with van der Waals surface area (Å²) in [6.07, 6.45) is 7.91. The second-order valence-corrected chi connectivity index (χ2v) is 5.42. The Bertz CT molecular complexity index is 315. The Kier molecular flexibility index (Phi) is 5.69. The van der Waals surface area contributed by atoms with Crippen molar-refractivity contribution >= 4 is 0 Å². The molecule has 0 aliphatic carbocycles. The average molecular weight is 246 g/mol. The van der Waals surface area contributed by atoms with Gasteiger partial charge >= 0.3 is 0 Å². The Morgan fingerprint density at radius 3 is 2.33 bits per heavy atom. The van der Waals surface area contributed by atoms with E-state index in [2.05, 4.69) is 29.2 Å². The van der Waals surface area contributed by atoms with Gasteiger partial charge in [-0.15, -0.1) is 0 Å². The summed E-state index contributed by atoms with van der Waals surface area (Å²) in [6, 6.07) is 10.7. The zero-order valence-electron chi connectivity index (χ0n) is 11.4. The molecule has 1 aromatic carbocycles. The summed E-state index contributed by atoms with van der Waals surface area (Å²) in [6.45, 7) is 3.81. The molecule has 2 rings (SSSR count). The van der Waals surface area contributed by atoms with Crippen LogP contribution < -0.4 is 5.73 Å². The predicted octanol–water partition coefficient (Wildman–Crippen LogP) is 3.34. The van der Waals surface area contributed by atoms with Crippen LogP contribution in [0.5, 0.6) is 0 Å². The van der Waals surface area contributed by atoms with Gasteiger partial charge < -0.3 is 10.6 Å². The molecule has 1 fully saturated rings. The van der Waals surface area contributed by atoms with Crippen molar-refractivity contribution in [3.8, 4) is 0 Å². The lowest BCUT2D eigenvalue weighted by atomic mass is 10.0. The maximum atomic E-state index is 6.22. The Labute approximate surface area is 111 Å². The normalized spacial score (nSPS) is 19.4. The third kappa shape index (κ3) is 4.43. The second kappa shape index (κ2) is 7.55. The van der Waals surface area contributed by atoms with E-state index in [1.165, 1.54) is 57.3 Å². The van der Waals surface area contributed by atoms with Crippen molar-refractivity contribution in [1.29, 1.82) is 0 Å². The molecule has 1 aromatic rings. The van der Waals surface area contributed by atoms with E-state index < -0.39 is 0 Å². The number of nitrogens with zero attached hydrogens (tertiary/aromatic N) is 1. The maximum absolute atomic E-state index is 6.22. The molecule has 0 bridgehead atoms. The Hall–Kier alpha value is -0.860. The minimum absolute atomic E-state index is 0.207. The summed E-state index contributed by atoms with van der Waals surface area (Å²) >= 11 is 0. The molecule has 0 radical (unpaired) electrons. The van der Waals surface area contributed by atoms with Gasteiger partial charge in [-0.3, -0.25) is 0 Å². The first-order valence-corrected chi connectivity index (χ1v) is 7.39. The van der Waals surface area contributed by atoms with E-state index in [9.17, 15) is 0 Å². The fourth-order valence-corrected chi connectivity index (χ4v) is 2.76. The predicted molar refractivity (Wildman–Crippen MR) is 77.5 cm³/mol. The molecule has 1 atom stereocenters. The molecular formula is C16H26N2. The van der Waals surface area contributed by atoms with Crippen LogP contribution in [-0.2, 0) is 0 Å². The quantitative estimate of drug-likeness (QED) is 0.863. The van der Waals surface area contributed by atoms with Gasteiger partial charge in [0.05, 0.1) is 0 Å². The summed E-state index contributed by atoms with van der Waals surface area (Å²) in [5, 5.41) is 0. The first kappa shape index (κ1) is 13.6. The van der Waals surface area contributed by atoms with Gasteiger partial charge in [0.25, 0.3) is 0 Å². The number of nitrogens with two attached hydrogens (primary N) is 1. The molecule has 0 spiro atoms. The van der Waals surface area contributed by atoms with Gasteiger partial charge in [0.2, 0.25) is 0 Å². The van der Waals surface area contributed by atoms with Crippen LogP contribution >= 0.6 is 0 Å². The zero-order chi connectivity index (χ0) is 12.6. The number of hydrogen-bond acceptors (Lipinski definition) is 2. The molecular weight excluding hydrogens is 220 g/mol. The van der Waals surface area contributed by atoms with Gasteiger partial charge in [0, 0.05) is 6.04 Å². The minimum atomic E-state index is 0.207. The van der Waals surface area contributed by atoms with Crippen LogP contribution in [0.2, 0.25) is 0 Å². The monoisotopic (exact) mass is 246 g/mol.